The van der Waals surface area contributed by atoms with Crippen molar-refractivity contribution in [3.05, 3.63) is 36.0 Å². The van der Waals surface area contributed by atoms with Crippen LogP contribution in [0.3, 0.4) is 0 Å². The molecule has 0 spiro atoms. The topological polar surface area (TPSA) is 131 Å². The van der Waals surface area contributed by atoms with Crippen molar-refractivity contribution in [2.75, 3.05) is 14.2 Å². The molecule has 47 heavy (non-hydrogen) atoms. The van der Waals surface area contributed by atoms with E-state index in [1.54, 1.807) is 38.3 Å². The van der Waals surface area contributed by atoms with Crippen molar-refractivity contribution >= 4 is 23.7 Å². The summed E-state index contributed by atoms with van der Waals surface area (Å²) < 4.78 is 42.5. The lowest BCUT2D eigenvalue weighted by atomic mass is 9.79. The molecule has 12 heteroatoms. The maximum Gasteiger partial charge on any atom is 0.408 e. The number of alkyl carbamates (subject to hydrolysis) is 1. The first kappa shape index (κ1) is 35.9. The van der Waals surface area contributed by atoms with Crippen LogP contribution in [0, 0.1) is 29.6 Å². The van der Waals surface area contributed by atoms with Crippen LogP contribution in [0.5, 0.6) is 0 Å². The molecular formula is C35H48ClNO10. The van der Waals surface area contributed by atoms with Gasteiger partial charge in [-0.25, -0.2) is 4.79 Å². The number of allylic oxidation sites excluding steroid dienone is 3. The molecule has 5 rings (SSSR count). The van der Waals surface area contributed by atoms with Gasteiger partial charge in [-0.1, -0.05) is 49.5 Å². The van der Waals surface area contributed by atoms with E-state index in [1.807, 2.05) is 33.8 Å². The van der Waals surface area contributed by atoms with Gasteiger partial charge in [0.05, 0.1) is 30.8 Å². The number of hydrogen-bond acceptors (Lipinski definition) is 10. The Bertz CT molecular complexity index is 1320. The molecule has 14 atom stereocenters. The number of ether oxygens (including phenoxy) is 7. The zero-order valence-corrected chi connectivity index (χ0v) is 28.9. The summed E-state index contributed by atoms with van der Waals surface area (Å²) in [6, 6.07) is -0.443. The molecule has 0 aromatic rings. The molecule has 2 N–H and O–H groups in total. The van der Waals surface area contributed by atoms with Crippen molar-refractivity contribution < 1.29 is 47.9 Å². The normalized spacial score (nSPS) is 46.5. The first-order valence-corrected chi connectivity index (χ1v) is 16.8. The molecule has 0 unspecified atom stereocenters. The number of hydrogen-bond donors (Lipinski definition) is 2. The third-order valence-corrected chi connectivity index (χ3v) is 10.4. The number of aliphatic hydroxyl groups is 1. The molecule has 1 saturated carbocycles. The highest BCUT2D eigenvalue weighted by atomic mass is 35.5. The quantitative estimate of drug-likeness (QED) is 0.139. The molecule has 1 aliphatic carbocycles. The summed E-state index contributed by atoms with van der Waals surface area (Å²) in [6.07, 6.45) is 5.17. The Balaban J connectivity index is 1.37. The molecule has 4 aliphatic heterocycles. The van der Waals surface area contributed by atoms with E-state index in [-0.39, 0.29) is 35.7 Å². The standard InChI is InChI=1S/C35H48ClNO10/c1-19-14-24(13-11-9-8-10-12-23-16-25(23)36)44-28(38)18-35(40)17-27(21(3)29(46-35)20(2)26(15-19)41-6)45-32-31(42-7)34(5)30(22(4)43-32)37-33(39)47-34/h8-9,11,13,15,20-27,29-32,40H,14,16-18H2,1-7H3,(H,37,39)/b9-8+,13-11+,19-15+/t20-,21-,22+,23+,24+,25+,26-,27+,29+,30-,31+,32+,34-,35+/m0/s1. The Hall–Kier alpha value is -2.43. The van der Waals surface area contributed by atoms with Gasteiger partial charge in [-0.05, 0) is 39.3 Å². The van der Waals surface area contributed by atoms with Crippen molar-refractivity contribution in [1.82, 2.24) is 5.32 Å². The molecular weight excluding hydrogens is 630 g/mol. The zero-order valence-electron chi connectivity index (χ0n) is 28.1. The van der Waals surface area contributed by atoms with E-state index in [1.165, 1.54) is 7.11 Å². The van der Waals surface area contributed by atoms with Gasteiger partial charge in [-0.2, -0.15) is 0 Å². The number of cyclic esters (lactones) is 1. The summed E-state index contributed by atoms with van der Waals surface area (Å²) in [5, 5.41) is 14.8. The van der Waals surface area contributed by atoms with Crippen LogP contribution >= 0.6 is 11.6 Å². The Morgan fingerprint density at radius 2 is 1.89 bits per heavy atom. The molecule has 1 amide bonds. The van der Waals surface area contributed by atoms with Crippen LogP contribution in [0.2, 0.25) is 0 Å². The van der Waals surface area contributed by atoms with Crippen molar-refractivity contribution in [1.29, 1.82) is 0 Å². The van der Waals surface area contributed by atoms with E-state index in [4.69, 9.17) is 44.8 Å². The molecule has 260 valence electrons. The van der Waals surface area contributed by atoms with Gasteiger partial charge in [0.25, 0.3) is 0 Å². The molecule has 0 radical (unpaired) electrons. The number of halogens is 1. The number of rotatable bonds is 6. The first-order valence-electron chi connectivity index (χ1n) is 16.4. The molecule has 3 saturated heterocycles. The molecule has 11 nitrogen and oxygen atoms in total. The number of carbonyl (C=O) groups excluding carboxylic acids is 2. The Morgan fingerprint density at radius 1 is 1.15 bits per heavy atom. The monoisotopic (exact) mass is 677 g/mol. The van der Waals surface area contributed by atoms with Gasteiger partial charge in [0.15, 0.2) is 17.7 Å². The van der Waals surface area contributed by atoms with Crippen LogP contribution in [0.15, 0.2) is 36.0 Å². The van der Waals surface area contributed by atoms with Crippen LogP contribution in [0.4, 0.5) is 4.79 Å². The van der Waals surface area contributed by atoms with Crippen molar-refractivity contribution in [3.63, 3.8) is 0 Å². The second-order valence-electron chi connectivity index (χ2n) is 13.7. The number of amides is 1. The Kier molecular flexibility index (Phi) is 11.1. The number of alkyl halides is 1. The van der Waals surface area contributed by atoms with E-state index < -0.39 is 72.7 Å². The van der Waals surface area contributed by atoms with Crippen molar-refractivity contribution in [2.45, 2.75) is 126 Å². The number of esters is 1. The lowest BCUT2D eigenvalue weighted by Crippen LogP contribution is -2.67. The smallest absolute Gasteiger partial charge is 0.408 e. The average molecular weight is 678 g/mol. The predicted molar refractivity (Wildman–Crippen MR) is 172 cm³/mol. The minimum atomic E-state index is -1.90. The van der Waals surface area contributed by atoms with E-state index in [9.17, 15) is 14.7 Å². The third kappa shape index (κ3) is 8.07. The highest BCUT2D eigenvalue weighted by Gasteiger charge is 2.61. The number of carbonyl (C=O) groups is 2. The molecule has 0 aromatic heterocycles. The minimum Gasteiger partial charge on any atom is -0.458 e. The molecule has 4 heterocycles. The predicted octanol–water partition coefficient (Wildman–Crippen LogP) is 4.16. The summed E-state index contributed by atoms with van der Waals surface area (Å²) in [4.78, 5) is 25.6. The number of fused-ring (bicyclic) bond motifs is 3. The van der Waals surface area contributed by atoms with Crippen LogP contribution < -0.4 is 5.32 Å². The highest BCUT2D eigenvalue weighted by molar-refractivity contribution is 6.22. The van der Waals surface area contributed by atoms with Gasteiger partial charge < -0.3 is 43.6 Å². The minimum absolute atomic E-state index is 0.0338. The summed E-state index contributed by atoms with van der Waals surface area (Å²) in [5.74, 6) is 3.34. The summed E-state index contributed by atoms with van der Waals surface area (Å²) in [5.41, 5.74) is -0.0797. The molecule has 2 bridgehead atoms. The van der Waals surface area contributed by atoms with Gasteiger partial charge in [0, 0.05) is 50.2 Å². The Labute approximate surface area is 282 Å². The highest BCUT2D eigenvalue weighted by Crippen LogP contribution is 2.44. The van der Waals surface area contributed by atoms with Gasteiger partial charge in [0.2, 0.25) is 0 Å². The fourth-order valence-electron chi connectivity index (χ4n) is 7.26. The third-order valence-electron chi connectivity index (χ3n) is 9.96. The van der Waals surface area contributed by atoms with E-state index in [0.29, 0.717) is 6.42 Å². The van der Waals surface area contributed by atoms with Gasteiger partial charge in [0.1, 0.15) is 18.2 Å². The van der Waals surface area contributed by atoms with Gasteiger partial charge in [-0.15, -0.1) is 11.6 Å². The largest absolute Gasteiger partial charge is 0.458 e. The lowest BCUT2D eigenvalue weighted by molar-refractivity contribution is -0.348. The average Bonchev–Trinajstić information content (AvgIpc) is 3.60. The summed E-state index contributed by atoms with van der Waals surface area (Å²) in [7, 11) is 3.14. The zero-order chi connectivity index (χ0) is 34.1. The first-order chi connectivity index (χ1) is 22.3. The number of methoxy groups -OCH3 is 2. The fourth-order valence-corrected chi connectivity index (χ4v) is 7.51. The SMILES string of the molecule is CO[C@H]1/C=C(\C)C[C@@H](/C=C/C=C/C#C[C@@H]2C[C@H]2Cl)OC(=O)C[C@@]2(O)C[C@@H](O[C@H]3O[C@H](C)[C@@H]4NC(=O)O[C@]4(C)[C@@H]3OC)[C@H](C)[C@H](O2)[C@H]1C. The van der Waals surface area contributed by atoms with Crippen molar-refractivity contribution in [3.8, 4) is 11.8 Å². The lowest BCUT2D eigenvalue weighted by Gasteiger charge is -2.51. The molecule has 4 fully saturated rings. The molecule has 5 aliphatic rings. The fraction of sp³-hybridized carbons (Fsp3) is 0.714. The van der Waals surface area contributed by atoms with Gasteiger partial charge in [-0.3, -0.25) is 4.79 Å². The Morgan fingerprint density at radius 3 is 2.57 bits per heavy atom. The van der Waals surface area contributed by atoms with Gasteiger partial charge >= 0.3 is 12.1 Å². The van der Waals surface area contributed by atoms with Crippen LogP contribution in [0.25, 0.3) is 0 Å². The second-order valence-corrected chi connectivity index (χ2v) is 14.3. The van der Waals surface area contributed by atoms with E-state index >= 15 is 0 Å². The van der Waals surface area contributed by atoms with Crippen molar-refractivity contribution in [2.24, 2.45) is 17.8 Å². The maximum absolute atomic E-state index is 13.4. The van der Waals surface area contributed by atoms with E-state index in [2.05, 4.69) is 17.2 Å². The van der Waals surface area contributed by atoms with E-state index in [0.717, 1.165) is 12.0 Å². The maximum atomic E-state index is 13.4. The second kappa shape index (κ2) is 14.6. The summed E-state index contributed by atoms with van der Waals surface area (Å²) >= 11 is 6.01. The number of nitrogens with one attached hydrogen (secondary N) is 1. The van der Waals surface area contributed by atoms with Crippen LogP contribution in [-0.2, 0) is 38.0 Å². The molecule has 0 aromatic carbocycles. The van der Waals surface area contributed by atoms with Crippen LogP contribution in [0.1, 0.15) is 60.3 Å². The summed E-state index contributed by atoms with van der Waals surface area (Å²) in [6.45, 7) is 9.57. The van der Waals surface area contributed by atoms with Crippen LogP contribution in [-0.4, -0.2) is 97.1 Å².